The molecule has 0 atom stereocenters. The van der Waals surface area contributed by atoms with E-state index in [-0.39, 0.29) is 5.96 Å². The predicted molar refractivity (Wildman–Crippen MR) is 57.6 cm³/mol. The van der Waals surface area contributed by atoms with Gasteiger partial charge in [0.2, 0.25) is 11.7 Å². The van der Waals surface area contributed by atoms with Gasteiger partial charge in [0.25, 0.3) is 0 Å². The molecule has 6 nitrogen and oxygen atoms in total. The Labute approximate surface area is 112 Å². The summed E-state index contributed by atoms with van der Waals surface area (Å²) in [5.74, 6) is -2.22. The van der Waals surface area contributed by atoms with Crippen LogP contribution in [0.15, 0.2) is 27.4 Å². The summed E-state index contributed by atoms with van der Waals surface area (Å²) in [5, 5.41) is 3.73. The first-order valence-electron chi connectivity index (χ1n) is 5.25. The Morgan fingerprint density at radius 3 is 2.38 bits per heavy atom. The molecule has 3 N–H and O–H groups in total. The van der Waals surface area contributed by atoms with Crippen molar-refractivity contribution in [2.45, 2.75) is 12.4 Å². The Morgan fingerprint density at radius 1 is 1.19 bits per heavy atom. The van der Waals surface area contributed by atoms with Crippen molar-refractivity contribution in [3.05, 3.63) is 23.6 Å². The highest BCUT2D eigenvalue weighted by molar-refractivity contribution is 5.81. The van der Waals surface area contributed by atoms with Gasteiger partial charge in [-0.3, -0.25) is 10.4 Å². The van der Waals surface area contributed by atoms with Gasteiger partial charge >= 0.3 is 12.4 Å². The normalized spacial score (nSPS) is 16.6. The van der Waals surface area contributed by atoms with Crippen molar-refractivity contribution in [1.29, 1.82) is 0 Å². The molecule has 0 saturated carbocycles. The SMILES string of the molecule is NC1=NC=C(C(F)(F)F)CN1Nc1cc(C(F)(F)F)on1. The lowest BCUT2D eigenvalue weighted by Gasteiger charge is -2.27. The van der Waals surface area contributed by atoms with E-state index in [1.54, 1.807) is 0 Å². The molecule has 0 aliphatic carbocycles. The molecule has 0 saturated heterocycles. The Balaban J connectivity index is 2.12. The second-order valence-corrected chi connectivity index (χ2v) is 3.91. The van der Waals surface area contributed by atoms with E-state index < -0.39 is 36.0 Å². The number of alkyl halides is 6. The van der Waals surface area contributed by atoms with Crippen LogP contribution >= 0.6 is 0 Å². The summed E-state index contributed by atoms with van der Waals surface area (Å²) in [7, 11) is 0. The monoisotopic (exact) mass is 315 g/mol. The lowest BCUT2D eigenvalue weighted by Crippen LogP contribution is -2.46. The maximum atomic E-state index is 12.5. The fraction of sp³-hybridized carbons (Fsp3) is 0.333. The first-order valence-corrected chi connectivity index (χ1v) is 5.25. The predicted octanol–water partition coefficient (Wildman–Crippen LogP) is 2.10. The van der Waals surface area contributed by atoms with Crippen LogP contribution in [0.5, 0.6) is 0 Å². The zero-order valence-corrected chi connectivity index (χ0v) is 9.96. The van der Waals surface area contributed by atoms with E-state index >= 15 is 0 Å². The van der Waals surface area contributed by atoms with Crippen molar-refractivity contribution in [1.82, 2.24) is 10.2 Å². The Hall–Kier alpha value is -2.40. The number of halogens is 6. The average molecular weight is 315 g/mol. The standard InChI is InChI=1S/C9H7F6N5O/c10-8(11,12)4-2-17-7(16)20(3-4)18-6-1-5(21-19-6)9(13,14)15/h1-2H,3H2,(H2,16,17)(H,18,19). The number of nitrogens with one attached hydrogen (secondary N) is 1. The molecule has 0 spiro atoms. The summed E-state index contributed by atoms with van der Waals surface area (Å²) in [6.45, 7) is -0.743. The Bertz CT molecular complexity index is 586. The molecule has 12 heteroatoms. The van der Waals surface area contributed by atoms with Gasteiger partial charge in [0.05, 0.1) is 12.1 Å². The number of hydrazine groups is 1. The number of guanidine groups is 1. The number of nitrogens with zero attached hydrogens (tertiary/aromatic N) is 3. The molecule has 1 aromatic heterocycles. The molecule has 0 fully saturated rings. The van der Waals surface area contributed by atoms with Gasteiger partial charge in [-0.2, -0.15) is 26.3 Å². The van der Waals surface area contributed by atoms with Crippen LogP contribution in [0.2, 0.25) is 0 Å². The Kier molecular flexibility index (Phi) is 3.47. The third kappa shape index (κ3) is 3.38. The molecule has 0 aromatic carbocycles. The molecule has 0 radical (unpaired) electrons. The van der Waals surface area contributed by atoms with Gasteiger partial charge in [-0.1, -0.05) is 5.16 Å². The number of hydrogen-bond acceptors (Lipinski definition) is 6. The quantitative estimate of drug-likeness (QED) is 0.817. The molecule has 21 heavy (non-hydrogen) atoms. The maximum absolute atomic E-state index is 12.5. The van der Waals surface area contributed by atoms with Crippen molar-refractivity contribution < 1.29 is 30.9 Å². The molecule has 1 aromatic rings. The molecule has 2 heterocycles. The van der Waals surface area contributed by atoms with Gasteiger partial charge in [0, 0.05) is 12.3 Å². The molecular formula is C9H7F6N5O. The number of nitrogens with two attached hydrogens (primary N) is 1. The summed E-state index contributed by atoms with van der Waals surface area (Å²) in [5.41, 5.74) is 6.48. The van der Waals surface area contributed by atoms with Crippen molar-refractivity contribution in [2.24, 2.45) is 10.7 Å². The summed E-state index contributed by atoms with van der Waals surface area (Å²) < 4.78 is 78.5. The van der Waals surface area contributed by atoms with Crippen molar-refractivity contribution in [2.75, 3.05) is 12.0 Å². The third-order valence-corrected chi connectivity index (χ3v) is 2.36. The minimum Gasteiger partial charge on any atom is -0.368 e. The van der Waals surface area contributed by atoms with Crippen LogP contribution in [0.25, 0.3) is 0 Å². The third-order valence-electron chi connectivity index (χ3n) is 2.36. The summed E-state index contributed by atoms with van der Waals surface area (Å²) in [6, 6.07) is 0.485. The topological polar surface area (TPSA) is 79.7 Å². The van der Waals surface area contributed by atoms with E-state index in [2.05, 4.69) is 20.1 Å². The zero-order valence-electron chi connectivity index (χ0n) is 9.96. The fourth-order valence-corrected chi connectivity index (χ4v) is 1.37. The first kappa shape index (κ1) is 15.0. The maximum Gasteiger partial charge on any atom is 0.452 e. The molecular weight excluding hydrogens is 308 g/mol. The van der Waals surface area contributed by atoms with Crippen molar-refractivity contribution in [3.63, 3.8) is 0 Å². The first-order chi connectivity index (χ1) is 9.57. The molecule has 116 valence electrons. The Morgan fingerprint density at radius 2 is 1.86 bits per heavy atom. The van der Waals surface area contributed by atoms with Crippen LogP contribution in [0, 0.1) is 0 Å². The highest BCUT2D eigenvalue weighted by atomic mass is 19.4. The zero-order chi connectivity index (χ0) is 15.8. The second-order valence-electron chi connectivity index (χ2n) is 3.91. The lowest BCUT2D eigenvalue weighted by atomic mass is 10.2. The molecule has 0 amide bonds. The smallest absolute Gasteiger partial charge is 0.368 e. The van der Waals surface area contributed by atoms with E-state index in [0.29, 0.717) is 17.3 Å². The lowest BCUT2D eigenvalue weighted by molar-refractivity contribution is -0.155. The van der Waals surface area contributed by atoms with E-state index in [1.165, 1.54) is 0 Å². The second kappa shape index (κ2) is 4.86. The highest BCUT2D eigenvalue weighted by Crippen LogP contribution is 2.31. The van der Waals surface area contributed by atoms with Crippen LogP contribution in [-0.2, 0) is 6.18 Å². The number of aromatic nitrogens is 1. The number of anilines is 1. The van der Waals surface area contributed by atoms with E-state index in [1.807, 2.05) is 0 Å². The van der Waals surface area contributed by atoms with Crippen LogP contribution in [0.1, 0.15) is 5.76 Å². The van der Waals surface area contributed by atoms with E-state index in [4.69, 9.17) is 5.73 Å². The average Bonchev–Trinajstić information content (AvgIpc) is 2.79. The summed E-state index contributed by atoms with van der Waals surface area (Å²) in [4.78, 5) is 3.31. The molecule has 2 rings (SSSR count). The van der Waals surface area contributed by atoms with Crippen LogP contribution in [0.4, 0.5) is 32.2 Å². The number of rotatable bonds is 2. The minimum absolute atomic E-state index is 0.362. The van der Waals surface area contributed by atoms with Crippen molar-refractivity contribution in [3.8, 4) is 0 Å². The van der Waals surface area contributed by atoms with Crippen LogP contribution < -0.4 is 11.2 Å². The molecule has 1 aliphatic rings. The molecule has 0 bridgehead atoms. The summed E-state index contributed by atoms with van der Waals surface area (Å²) in [6.07, 6.45) is -8.85. The minimum atomic E-state index is -4.76. The van der Waals surface area contributed by atoms with Gasteiger partial charge in [-0.05, 0) is 0 Å². The summed E-state index contributed by atoms with van der Waals surface area (Å²) >= 11 is 0. The number of hydrogen-bond donors (Lipinski definition) is 2. The molecule has 0 unspecified atom stereocenters. The van der Waals surface area contributed by atoms with E-state index in [0.717, 1.165) is 0 Å². The largest absolute Gasteiger partial charge is 0.452 e. The van der Waals surface area contributed by atoms with Gasteiger partial charge in [0.1, 0.15) is 0 Å². The van der Waals surface area contributed by atoms with Gasteiger partial charge in [0.15, 0.2) is 5.82 Å². The van der Waals surface area contributed by atoms with Gasteiger partial charge < -0.3 is 10.3 Å². The van der Waals surface area contributed by atoms with Crippen molar-refractivity contribution >= 4 is 11.8 Å². The fourth-order valence-electron chi connectivity index (χ4n) is 1.37. The molecule has 1 aliphatic heterocycles. The highest BCUT2D eigenvalue weighted by Gasteiger charge is 2.38. The van der Waals surface area contributed by atoms with Crippen LogP contribution in [0.3, 0.4) is 0 Å². The number of aliphatic imine (C=N–C) groups is 1. The van der Waals surface area contributed by atoms with E-state index in [9.17, 15) is 26.3 Å². The van der Waals surface area contributed by atoms with Gasteiger partial charge in [-0.25, -0.2) is 4.99 Å². The van der Waals surface area contributed by atoms with Gasteiger partial charge in [-0.15, -0.1) is 0 Å². The van der Waals surface area contributed by atoms with Crippen LogP contribution in [-0.4, -0.2) is 28.8 Å².